The zero-order chi connectivity index (χ0) is 19.8. The number of amides is 1. The Balaban J connectivity index is 1.75. The quantitative estimate of drug-likeness (QED) is 0.704. The maximum atomic E-state index is 12.8. The highest BCUT2D eigenvalue weighted by Gasteiger charge is 2.24. The van der Waals surface area contributed by atoms with Crippen LogP contribution in [0.1, 0.15) is 54.6 Å². The van der Waals surface area contributed by atoms with Gasteiger partial charge in [-0.05, 0) is 62.7 Å². The van der Waals surface area contributed by atoms with E-state index in [2.05, 4.69) is 16.3 Å². The first-order chi connectivity index (χ1) is 13.7. The Kier molecular flexibility index (Phi) is 7.75. The molecule has 1 saturated heterocycles. The first-order valence-electron chi connectivity index (χ1n) is 10.2. The summed E-state index contributed by atoms with van der Waals surface area (Å²) >= 11 is 6.51. The van der Waals surface area contributed by atoms with Gasteiger partial charge in [0.1, 0.15) is 5.75 Å². The molecule has 1 aliphatic heterocycles. The summed E-state index contributed by atoms with van der Waals surface area (Å²) in [6.45, 7) is 5.11. The number of likely N-dealkylation sites (tertiary alicyclic amines) is 1. The van der Waals surface area contributed by atoms with Gasteiger partial charge >= 0.3 is 0 Å². The third-order valence-electron chi connectivity index (χ3n) is 5.21. The summed E-state index contributed by atoms with van der Waals surface area (Å²) in [6.07, 6.45) is 4.90. The number of ether oxygens (including phenoxy) is 1. The molecule has 4 nitrogen and oxygen atoms in total. The Morgan fingerprint density at radius 3 is 2.57 bits per heavy atom. The predicted octanol–water partition coefficient (Wildman–Crippen LogP) is 5.09. The Bertz CT molecular complexity index is 773. The van der Waals surface area contributed by atoms with Crippen molar-refractivity contribution in [1.82, 2.24) is 10.2 Å². The van der Waals surface area contributed by atoms with Crippen LogP contribution in [-0.2, 0) is 0 Å². The third-order valence-corrected chi connectivity index (χ3v) is 5.55. The maximum absolute atomic E-state index is 12.8. The molecular weight excluding hydrogens is 372 g/mol. The largest absolute Gasteiger partial charge is 0.494 e. The minimum absolute atomic E-state index is 0.0748. The second kappa shape index (κ2) is 10.5. The Morgan fingerprint density at radius 1 is 1.11 bits per heavy atom. The van der Waals surface area contributed by atoms with Gasteiger partial charge in [0.15, 0.2) is 0 Å². The Morgan fingerprint density at radius 2 is 1.86 bits per heavy atom. The van der Waals surface area contributed by atoms with Gasteiger partial charge in [0.05, 0.1) is 12.6 Å². The van der Waals surface area contributed by atoms with Crippen molar-refractivity contribution < 1.29 is 9.53 Å². The molecule has 150 valence electrons. The number of nitrogens with one attached hydrogen (secondary N) is 1. The standard InChI is InChI=1S/C23H29ClN2O2/c1-2-28-19-11-9-10-18(16-19)23(27)25-17-22(20-12-5-6-13-21(20)24)26-14-7-3-4-8-15-26/h5-6,9-13,16,22H,2-4,7-8,14-15,17H2,1H3,(H,25,27). The van der Waals surface area contributed by atoms with Crippen molar-refractivity contribution in [3.8, 4) is 5.75 Å². The van der Waals surface area contributed by atoms with Crippen molar-refractivity contribution in [3.05, 3.63) is 64.7 Å². The second-order valence-electron chi connectivity index (χ2n) is 7.16. The van der Waals surface area contributed by atoms with Crippen LogP contribution < -0.4 is 10.1 Å². The molecule has 1 aliphatic rings. The Labute approximate surface area is 172 Å². The van der Waals surface area contributed by atoms with Crippen LogP contribution in [0.5, 0.6) is 5.75 Å². The minimum atomic E-state index is -0.0894. The van der Waals surface area contributed by atoms with E-state index in [-0.39, 0.29) is 11.9 Å². The van der Waals surface area contributed by atoms with E-state index in [0.29, 0.717) is 24.5 Å². The highest BCUT2D eigenvalue weighted by molar-refractivity contribution is 6.31. The first kappa shape index (κ1) is 20.7. The Hall–Kier alpha value is -2.04. The lowest BCUT2D eigenvalue weighted by Gasteiger charge is -2.31. The lowest BCUT2D eigenvalue weighted by molar-refractivity contribution is 0.0932. The van der Waals surface area contributed by atoms with Crippen LogP contribution in [-0.4, -0.2) is 37.0 Å². The number of nitrogens with zero attached hydrogens (tertiary/aromatic N) is 1. The van der Waals surface area contributed by atoms with Gasteiger partial charge in [-0.3, -0.25) is 9.69 Å². The molecule has 1 N–H and O–H groups in total. The lowest BCUT2D eigenvalue weighted by atomic mass is 10.0. The molecule has 3 rings (SSSR count). The highest BCUT2D eigenvalue weighted by atomic mass is 35.5. The van der Waals surface area contributed by atoms with Crippen LogP contribution in [0.15, 0.2) is 48.5 Å². The molecule has 0 aromatic heterocycles. The molecule has 2 aromatic carbocycles. The fourth-order valence-electron chi connectivity index (χ4n) is 3.77. The van der Waals surface area contributed by atoms with Crippen molar-refractivity contribution in [2.24, 2.45) is 0 Å². The van der Waals surface area contributed by atoms with E-state index in [9.17, 15) is 4.79 Å². The summed E-state index contributed by atoms with van der Waals surface area (Å²) in [7, 11) is 0. The van der Waals surface area contributed by atoms with Gasteiger partial charge < -0.3 is 10.1 Å². The molecule has 1 unspecified atom stereocenters. The van der Waals surface area contributed by atoms with Crippen LogP contribution in [0.2, 0.25) is 5.02 Å². The molecule has 5 heteroatoms. The van der Waals surface area contributed by atoms with Crippen LogP contribution in [0.3, 0.4) is 0 Å². The normalized spacial score (nSPS) is 16.2. The van der Waals surface area contributed by atoms with Gasteiger partial charge in [-0.15, -0.1) is 0 Å². The number of carbonyl (C=O) groups excluding carboxylic acids is 1. The van der Waals surface area contributed by atoms with Gasteiger partial charge in [0.25, 0.3) is 5.91 Å². The van der Waals surface area contributed by atoms with Crippen LogP contribution >= 0.6 is 11.6 Å². The number of hydrogen-bond donors (Lipinski definition) is 1. The van der Waals surface area contributed by atoms with E-state index in [0.717, 1.165) is 23.7 Å². The topological polar surface area (TPSA) is 41.6 Å². The lowest BCUT2D eigenvalue weighted by Crippen LogP contribution is -2.38. The van der Waals surface area contributed by atoms with Crippen molar-refractivity contribution in [2.45, 2.75) is 38.6 Å². The third kappa shape index (κ3) is 5.49. The molecule has 0 spiro atoms. The van der Waals surface area contributed by atoms with Gasteiger partial charge in [-0.2, -0.15) is 0 Å². The van der Waals surface area contributed by atoms with Gasteiger partial charge in [0, 0.05) is 17.1 Å². The van der Waals surface area contributed by atoms with Crippen LogP contribution in [0.25, 0.3) is 0 Å². The van der Waals surface area contributed by atoms with E-state index in [1.165, 1.54) is 25.7 Å². The van der Waals surface area contributed by atoms with E-state index in [1.807, 2.05) is 43.3 Å². The zero-order valence-electron chi connectivity index (χ0n) is 16.5. The van der Waals surface area contributed by atoms with Gasteiger partial charge in [0.2, 0.25) is 0 Å². The first-order valence-corrected chi connectivity index (χ1v) is 10.6. The van der Waals surface area contributed by atoms with E-state index >= 15 is 0 Å². The number of hydrogen-bond acceptors (Lipinski definition) is 3. The number of rotatable bonds is 7. The molecule has 0 radical (unpaired) electrons. The smallest absolute Gasteiger partial charge is 0.251 e. The maximum Gasteiger partial charge on any atom is 0.251 e. The summed E-state index contributed by atoms with van der Waals surface area (Å²) in [5.74, 6) is 0.624. The number of carbonyl (C=O) groups is 1. The van der Waals surface area contributed by atoms with E-state index in [1.54, 1.807) is 6.07 Å². The molecular formula is C23H29ClN2O2. The van der Waals surface area contributed by atoms with E-state index < -0.39 is 0 Å². The van der Waals surface area contributed by atoms with Crippen molar-refractivity contribution in [3.63, 3.8) is 0 Å². The molecule has 1 fully saturated rings. The average molecular weight is 401 g/mol. The molecule has 1 heterocycles. The average Bonchev–Trinajstić information content (AvgIpc) is 2.99. The number of halogens is 1. The van der Waals surface area contributed by atoms with Crippen LogP contribution in [0.4, 0.5) is 0 Å². The highest BCUT2D eigenvalue weighted by Crippen LogP contribution is 2.29. The molecule has 1 atom stereocenters. The van der Waals surface area contributed by atoms with Gasteiger partial charge in [-0.25, -0.2) is 0 Å². The molecule has 0 bridgehead atoms. The minimum Gasteiger partial charge on any atom is -0.494 e. The van der Waals surface area contributed by atoms with Crippen molar-refractivity contribution >= 4 is 17.5 Å². The molecule has 0 saturated carbocycles. The fraction of sp³-hybridized carbons (Fsp3) is 0.435. The van der Waals surface area contributed by atoms with Crippen molar-refractivity contribution in [1.29, 1.82) is 0 Å². The molecule has 0 aliphatic carbocycles. The zero-order valence-corrected chi connectivity index (χ0v) is 17.3. The molecule has 2 aromatic rings. The summed E-state index contributed by atoms with van der Waals surface area (Å²) in [5.41, 5.74) is 1.69. The number of benzene rings is 2. The summed E-state index contributed by atoms with van der Waals surface area (Å²) < 4.78 is 5.51. The predicted molar refractivity (Wildman–Crippen MR) is 114 cm³/mol. The van der Waals surface area contributed by atoms with Crippen LogP contribution in [0, 0.1) is 0 Å². The summed E-state index contributed by atoms with van der Waals surface area (Å²) in [5, 5.41) is 3.87. The fourth-order valence-corrected chi connectivity index (χ4v) is 4.03. The van der Waals surface area contributed by atoms with Gasteiger partial charge in [-0.1, -0.05) is 48.7 Å². The van der Waals surface area contributed by atoms with Crippen molar-refractivity contribution in [2.75, 3.05) is 26.2 Å². The second-order valence-corrected chi connectivity index (χ2v) is 7.57. The SMILES string of the molecule is CCOc1cccc(C(=O)NCC(c2ccccc2Cl)N2CCCCCC2)c1. The monoisotopic (exact) mass is 400 g/mol. The molecule has 28 heavy (non-hydrogen) atoms. The summed E-state index contributed by atoms with van der Waals surface area (Å²) in [4.78, 5) is 15.2. The van der Waals surface area contributed by atoms with E-state index in [4.69, 9.17) is 16.3 Å². The summed E-state index contributed by atoms with van der Waals surface area (Å²) in [6, 6.07) is 15.3. The molecule has 1 amide bonds.